The lowest BCUT2D eigenvalue weighted by molar-refractivity contribution is 0.0950. The van der Waals surface area contributed by atoms with Crippen molar-refractivity contribution in [3.63, 3.8) is 0 Å². The molecule has 0 saturated heterocycles. The first kappa shape index (κ1) is 11.9. The molecule has 4 nitrogen and oxygen atoms in total. The van der Waals surface area contributed by atoms with Crippen LogP contribution in [0.2, 0.25) is 0 Å². The highest BCUT2D eigenvalue weighted by Crippen LogP contribution is 2.10. The van der Waals surface area contributed by atoms with Gasteiger partial charge in [-0.15, -0.1) is 0 Å². The molecule has 1 N–H and O–H groups in total. The van der Waals surface area contributed by atoms with Crippen LogP contribution in [0.3, 0.4) is 0 Å². The Morgan fingerprint density at radius 3 is 2.89 bits per heavy atom. The maximum atomic E-state index is 13.5. The standard InChI is InChI=1S/C13H9FN2O2/c14-12-5-9(6-15)1-2-10(12)7-16-13(17)11-3-4-18-8-11/h1-5,8H,7H2,(H,16,17). The topological polar surface area (TPSA) is 66.0 Å². The number of carbonyl (C=O) groups is 1. The molecule has 0 atom stereocenters. The summed E-state index contributed by atoms with van der Waals surface area (Å²) in [6.45, 7) is 0.0571. The zero-order valence-corrected chi connectivity index (χ0v) is 9.31. The van der Waals surface area contributed by atoms with Gasteiger partial charge in [-0.05, 0) is 18.2 Å². The quantitative estimate of drug-likeness (QED) is 0.900. The molecular weight excluding hydrogens is 235 g/mol. The Morgan fingerprint density at radius 1 is 1.44 bits per heavy atom. The molecule has 1 heterocycles. The molecule has 1 aromatic heterocycles. The van der Waals surface area contributed by atoms with Gasteiger partial charge in [0.1, 0.15) is 12.1 Å². The molecule has 0 aliphatic carbocycles. The van der Waals surface area contributed by atoms with E-state index >= 15 is 0 Å². The van der Waals surface area contributed by atoms with Crippen molar-refractivity contribution in [2.75, 3.05) is 0 Å². The highest BCUT2D eigenvalue weighted by molar-refractivity contribution is 5.93. The van der Waals surface area contributed by atoms with E-state index in [1.807, 2.05) is 6.07 Å². The molecule has 5 heteroatoms. The number of halogens is 1. The Bertz CT molecular complexity index is 600. The van der Waals surface area contributed by atoms with Crippen LogP contribution in [-0.4, -0.2) is 5.91 Å². The second-order valence-electron chi connectivity index (χ2n) is 3.61. The molecule has 0 aliphatic heterocycles. The predicted octanol–water partition coefficient (Wildman–Crippen LogP) is 2.22. The first-order chi connectivity index (χ1) is 8.70. The molecule has 90 valence electrons. The van der Waals surface area contributed by atoms with Crippen LogP contribution in [0.5, 0.6) is 0 Å². The van der Waals surface area contributed by atoms with E-state index in [1.54, 1.807) is 0 Å². The summed E-state index contributed by atoms with van der Waals surface area (Å²) in [6, 6.07) is 7.48. The smallest absolute Gasteiger partial charge is 0.254 e. The first-order valence-electron chi connectivity index (χ1n) is 5.19. The van der Waals surface area contributed by atoms with Crippen LogP contribution in [0.15, 0.2) is 41.2 Å². The zero-order chi connectivity index (χ0) is 13.0. The number of furan rings is 1. The van der Waals surface area contributed by atoms with Crippen molar-refractivity contribution in [2.24, 2.45) is 0 Å². The SMILES string of the molecule is N#Cc1ccc(CNC(=O)c2ccoc2)c(F)c1. The van der Waals surface area contributed by atoms with Crippen LogP contribution in [-0.2, 0) is 6.54 Å². The lowest BCUT2D eigenvalue weighted by atomic mass is 10.1. The average Bonchev–Trinajstić information content (AvgIpc) is 2.90. The third-order valence-corrected chi connectivity index (χ3v) is 2.40. The Morgan fingerprint density at radius 2 is 2.28 bits per heavy atom. The van der Waals surface area contributed by atoms with Gasteiger partial charge in [-0.1, -0.05) is 6.07 Å². The van der Waals surface area contributed by atoms with Crippen molar-refractivity contribution in [3.8, 4) is 6.07 Å². The fraction of sp³-hybridized carbons (Fsp3) is 0.0769. The molecule has 1 amide bonds. The Kier molecular flexibility index (Phi) is 3.39. The normalized spacial score (nSPS) is 9.78. The second kappa shape index (κ2) is 5.15. The summed E-state index contributed by atoms with van der Waals surface area (Å²) in [5, 5.41) is 11.2. The van der Waals surface area contributed by atoms with Gasteiger partial charge in [0.2, 0.25) is 0 Å². The van der Waals surface area contributed by atoms with Gasteiger partial charge in [0.05, 0.1) is 23.5 Å². The minimum atomic E-state index is -0.512. The minimum Gasteiger partial charge on any atom is -0.472 e. The second-order valence-corrected chi connectivity index (χ2v) is 3.61. The lowest BCUT2D eigenvalue weighted by Gasteiger charge is -2.05. The molecular formula is C13H9FN2O2. The number of nitrogens with one attached hydrogen (secondary N) is 1. The number of hydrogen-bond donors (Lipinski definition) is 1. The molecule has 2 rings (SSSR count). The predicted molar refractivity (Wildman–Crippen MR) is 61.0 cm³/mol. The largest absolute Gasteiger partial charge is 0.472 e. The number of rotatable bonds is 3. The van der Waals surface area contributed by atoms with Gasteiger partial charge in [-0.3, -0.25) is 4.79 Å². The molecule has 0 unspecified atom stereocenters. The van der Waals surface area contributed by atoms with E-state index < -0.39 is 5.82 Å². The summed E-state index contributed by atoms with van der Waals surface area (Å²) in [7, 11) is 0. The molecule has 2 aromatic rings. The Balaban J connectivity index is 2.03. The summed E-state index contributed by atoms with van der Waals surface area (Å²) in [6.07, 6.45) is 2.70. The highest BCUT2D eigenvalue weighted by Gasteiger charge is 2.08. The number of hydrogen-bond acceptors (Lipinski definition) is 3. The first-order valence-corrected chi connectivity index (χ1v) is 5.19. The van der Waals surface area contributed by atoms with E-state index in [4.69, 9.17) is 9.68 Å². The molecule has 0 bridgehead atoms. The van der Waals surface area contributed by atoms with Gasteiger partial charge >= 0.3 is 0 Å². The number of nitriles is 1. The maximum Gasteiger partial charge on any atom is 0.254 e. The zero-order valence-electron chi connectivity index (χ0n) is 9.31. The van der Waals surface area contributed by atoms with Gasteiger partial charge < -0.3 is 9.73 Å². The number of carbonyl (C=O) groups excluding carboxylic acids is 1. The van der Waals surface area contributed by atoms with Crippen molar-refractivity contribution >= 4 is 5.91 Å². The van der Waals surface area contributed by atoms with Crippen LogP contribution in [0.1, 0.15) is 21.5 Å². The molecule has 0 fully saturated rings. The molecule has 18 heavy (non-hydrogen) atoms. The fourth-order valence-electron chi connectivity index (χ4n) is 1.43. The maximum absolute atomic E-state index is 13.5. The van der Waals surface area contributed by atoms with Gasteiger partial charge in [-0.2, -0.15) is 5.26 Å². The van der Waals surface area contributed by atoms with E-state index in [9.17, 15) is 9.18 Å². The molecule has 0 aliphatic rings. The van der Waals surface area contributed by atoms with E-state index in [2.05, 4.69) is 5.32 Å². The summed E-state index contributed by atoms with van der Waals surface area (Å²) in [5.41, 5.74) is 0.951. The van der Waals surface area contributed by atoms with E-state index in [1.165, 1.54) is 30.7 Å². The van der Waals surface area contributed by atoms with Crippen LogP contribution in [0.25, 0.3) is 0 Å². The molecule has 0 radical (unpaired) electrons. The Labute approximate surface area is 103 Å². The third kappa shape index (κ3) is 2.55. The van der Waals surface area contributed by atoms with Crippen molar-refractivity contribution in [2.45, 2.75) is 6.54 Å². The number of nitrogens with zero attached hydrogens (tertiary/aromatic N) is 1. The van der Waals surface area contributed by atoms with E-state index in [0.717, 1.165) is 6.07 Å². The van der Waals surface area contributed by atoms with E-state index in [-0.39, 0.29) is 18.0 Å². The highest BCUT2D eigenvalue weighted by atomic mass is 19.1. The van der Waals surface area contributed by atoms with Gasteiger partial charge in [0.25, 0.3) is 5.91 Å². The van der Waals surface area contributed by atoms with Gasteiger partial charge in [0, 0.05) is 12.1 Å². The van der Waals surface area contributed by atoms with E-state index in [0.29, 0.717) is 11.1 Å². The molecule has 0 saturated carbocycles. The average molecular weight is 244 g/mol. The number of amides is 1. The summed E-state index contributed by atoms with van der Waals surface area (Å²) < 4.78 is 18.3. The van der Waals surface area contributed by atoms with Crippen LogP contribution in [0, 0.1) is 17.1 Å². The van der Waals surface area contributed by atoms with Crippen LogP contribution in [0.4, 0.5) is 4.39 Å². The molecule has 0 spiro atoms. The third-order valence-electron chi connectivity index (χ3n) is 2.40. The van der Waals surface area contributed by atoms with Crippen molar-refractivity contribution in [1.29, 1.82) is 5.26 Å². The lowest BCUT2D eigenvalue weighted by Crippen LogP contribution is -2.22. The Hall–Kier alpha value is -2.61. The summed E-state index contributed by atoms with van der Waals surface area (Å²) in [4.78, 5) is 11.6. The van der Waals surface area contributed by atoms with Crippen molar-refractivity contribution in [3.05, 3.63) is 59.3 Å². The van der Waals surface area contributed by atoms with Crippen LogP contribution < -0.4 is 5.32 Å². The molecule has 1 aromatic carbocycles. The monoisotopic (exact) mass is 244 g/mol. The minimum absolute atomic E-state index is 0.0571. The van der Waals surface area contributed by atoms with Gasteiger partial charge in [-0.25, -0.2) is 4.39 Å². The van der Waals surface area contributed by atoms with Crippen molar-refractivity contribution < 1.29 is 13.6 Å². The van der Waals surface area contributed by atoms with Crippen LogP contribution >= 0.6 is 0 Å². The fourth-order valence-corrected chi connectivity index (χ4v) is 1.43. The number of benzene rings is 1. The van der Waals surface area contributed by atoms with Gasteiger partial charge in [0.15, 0.2) is 0 Å². The summed E-state index contributed by atoms with van der Waals surface area (Å²) in [5.74, 6) is -0.853. The summed E-state index contributed by atoms with van der Waals surface area (Å²) >= 11 is 0. The van der Waals surface area contributed by atoms with Crippen molar-refractivity contribution in [1.82, 2.24) is 5.32 Å².